The van der Waals surface area contributed by atoms with Crippen molar-refractivity contribution in [1.82, 2.24) is 10.6 Å². The fourth-order valence-corrected chi connectivity index (χ4v) is 2.34. The zero-order chi connectivity index (χ0) is 14.3. The van der Waals surface area contributed by atoms with Gasteiger partial charge in [0, 0.05) is 18.0 Å². The van der Waals surface area contributed by atoms with Crippen molar-refractivity contribution in [3.63, 3.8) is 0 Å². The summed E-state index contributed by atoms with van der Waals surface area (Å²) in [6.07, 6.45) is 1.02. The maximum Gasteiger partial charge on any atom is 0.387 e. The van der Waals surface area contributed by atoms with E-state index >= 15 is 0 Å². The summed E-state index contributed by atoms with van der Waals surface area (Å²) >= 11 is 1.14. The summed E-state index contributed by atoms with van der Waals surface area (Å²) in [5.74, 6) is -0.441. The van der Waals surface area contributed by atoms with Crippen molar-refractivity contribution >= 4 is 29.7 Å². The predicted molar refractivity (Wildman–Crippen MR) is 78.4 cm³/mol. The largest absolute Gasteiger partial charge is 0.433 e. The van der Waals surface area contributed by atoms with Gasteiger partial charge in [-0.25, -0.2) is 0 Å². The molecule has 1 rings (SSSR count). The first-order valence-electron chi connectivity index (χ1n) is 6.08. The van der Waals surface area contributed by atoms with Crippen LogP contribution in [0.1, 0.15) is 27.9 Å². The molecule has 2 N–H and O–H groups in total. The fraction of sp³-hybridized carbons (Fsp3) is 0.583. The predicted octanol–water partition coefficient (Wildman–Crippen LogP) is 2.81. The van der Waals surface area contributed by atoms with Crippen LogP contribution in [-0.2, 0) is 0 Å². The van der Waals surface area contributed by atoms with Crippen molar-refractivity contribution in [3.8, 4) is 5.75 Å². The van der Waals surface area contributed by atoms with Gasteiger partial charge in [-0.1, -0.05) is 6.92 Å². The molecule has 0 radical (unpaired) electrons. The van der Waals surface area contributed by atoms with E-state index in [-0.39, 0.29) is 28.9 Å². The minimum atomic E-state index is -2.92. The Kier molecular flexibility index (Phi) is 9.45. The molecule has 116 valence electrons. The van der Waals surface area contributed by atoms with Crippen molar-refractivity contribution < 1.29 is 18.3 Å². The minimum Gasteiger partial charge on any atom is -0.433 e. The van der Waals surface area contributed by atoms with Gasteiger partial charge in [0.15, 0.2) is 0 Å². The number of carbonyl (C=O) groups excluding carboxylic acids is 1. The number of hydrogen-bond donors (Lipinski definition) is 2. The van der Waals surface area contributed by atoms with Crippen LogP contribution in [0.3, 0.4) is 0 Å². The molecule has 0 fully saturated rings. The van der Waals surface area contributed by atoms with E-state index in [1.807, 2.05) is 6.92 Å². The van der Waals surface area contributed by atoms with Gasteiger partial charge in [0.2, 0.25) is 0 Å². The molecule has 1 heterocycles. The van der Waals surface area contributed by atoms with Gasteiger partial charge >= 0.3 is 6.61 Å². The van der Waals surface area contributed by atoms with E-state index < -0.39 is 6.61 Å². The van der Waals surface area contributed by atoms with Crippen molar-refractivity contribution in [1.29, 1.82) is 0 Å². The van der Waals surface area contributed by atoms with Crippen LogP contribution in [0.2, 0.25) is 0 Å². The Hall–Kier alpha value is -0.920. The second-order valence-electron chi connectivity index (χ2n) is 3.93. The number of rotatable bonds is 8. The highest BCUT2D eigenvalue weighted by molar-refractivity contribution is 7.14. The molecule has 1 aromatic rings. The zero-order valence-corrected chi connectivity index (χ0v) is 13.0. The molecule has 0 aliphatic rings. The smallest absolute Gasteiger partial charge is 0.387 e. The Labute approximate surface area is 127 Å². The van der Waals surface area contributed by atoms with Gasteiger partial charge in [-0.2, -0.15) is 8.78 Å². The summed E-state index contributed by atoms with van der Waals surface area (Å²) in [4.78, 5) is 12.8. The maximum absolute atomic E-state index is 12.2. The Morgan fingerprint density at radius 1 is 1.40 bits per heavy atom. The van der Waals surface area contributed by atoms with Crippen LogP contribution in [-0.4, -0.2) is 32.2 Å². The first-order chi connectivity index (χ1) is 9.04. The molecule has 0 unspecified atom stereocenters. The van der Waals surface area contributed by atoms with Crippen LogP contribution in [0.15, 0.2) is 6.07 Å². The van der Waals surface area contributed by atoms with E-state index in [1.54, 1.807) is 6.92 Å². The standard InChI is InChI=1S/C12H18F2N2O2S.ClH/c1-3-4-15-5-6-16-11(17)10-9(18-12(13)14)7-8(2)19-10;/h7,12,15H,3-6H2,1-2H3,(H,16,17);1H. The molecule has 1 amide bonds. The van der Waals surface area contributed by atoms with Gasteiger partial charge < -0.3 is 15.4 Å². The number of carbonyl (C=O) groups is 1. The summed E-state index contributed by atoms with van der Waals surface area (Å²) in [7, 11) is 0. The number of halogens is 3. The van der Waals surface area contributed by atoms with E-state index in [4.69, 9.17) is 0 Å². The summed E-state index contributed by atoms with van der Waals surface area (Å²) < 4.78 is 28.7. The van der Waals surface area contributed by atoms with Crippen molar-refractivity contribution in [2.75, 3.05) is 19.6 Å². The van der Waals surface area contributed by atoms with E-state index in [2.05, 4.69) is 15.4 Å². The molecule has 0 aliphatic carbocycles. The highest BCUT2D eigenvalue weighted by Gasteiger charge is 2.18. The second-order valence-corrected chi connectivity index (χ2v) is 5.19. The Morgan fingerprint density at radius 3 is 2.70 bits per heavy atom. The number of ether oxygens (including phenoxy) is 1. The van der Waals surface area contributed by atoms with E-state index in [1.165, 1.54) is 6.07 Å². The molecule has 1 aromatic heterocycles. The molecule has 0 spiro atoms. The lowest BCUT2D eigenvalue weighted by Crippen LogP contribution is -2.31. The Bertz CT molecular complexity index is 416. The van der Waals surface area contributed by atoms with Crippen LogP contribution < -0.4 is 15.4 Å². The van der Waals surface area contributed by atoms with Crippen LogP contribution in [0.4, 0.5) is 8.78 Å². The van der Waals surface area contributed by atoms with Gasteiger partial charge in [0.1, 0.15) is 10.6 Å². The van der Waals surface area contributed by atoms with Gasteiger partial charge in [-0.3, -0.25) is 4.79 Å². The third-order valence-electron chi connectivity index (χ3n) is 2.26. The van der Waals surface area contributed by atoms with Crippen molar-refractivity contribution in [3.05, 3.63) is 15.8 Å². The monoisotopic (exact) mass is 328 g/mol. The van der Waals surface area contributed by atoms with Crippen LogP contribution in [0.25, 0.3) is 0 Å². The molecular weight excluding hydrogens is 310 g/mol. The van der Waals surface area contributed by atoms with Gasteiger partial charge in [0.05, 0.1) is 0 Å². The third kappa shape index (κ3) is 6.49. The zero-order valence-electron chi connectivity index (χ0n) is 11.4. The minimum absolute atomic E-state index is 0. The van der Waals surface area contributed by atoms with E-state index in [0.29, 0.717) is 13.1 Å². The molecule has 20 heavy (non-hydrogen) atoms. The first kappa shape index (κ1) is 19.1. The van der Waals surface area contributed by atoms with Gasteiger partial charge in [-0.15, -0.1) is 23.7 Å². The molecule has 4 nitrogen and oxygen atoms in total. The lowest BCUT2D eigenvalue weighted by molar-refractivity contribution is -0.0498. The molecule has 0 aromatic carbocycles. The normalized spacial score (nSPS) is 10.2. The molecule has 0 aliphatic heterocycles. The lowest BCUT2D eigenvalue weighted by atomic mass is 10.3. The highest BCUT2D eigenvalue weighted by Crippen LogP contribution is 2.29. The SMILES string of the molecule is CCCNCCNC(=O)c1sc(C)cc1OC(F)F.Cl. The number of aryl methyl sites for hydroxylation is 1. The summed E-state index contributed by atoms with van der Waals surface area (Å²) in [6, 6.07) is 1.45. The molecular formula is C12H19ClF2N2O2S. The molecule has 0 saturated heterocycles. The number of thiophene rings is 1. The van der Waals surface area contributed by atoms with Crippen LogP contribution >= 0.6 is 23.7 Å². The van der Waals surface area contributed by atoms with Crippen molar-refractivity contribution in [2.24, 2.45) is 0 Å². The quantitative estimate of drug-likeness (QED) is 0.721. The maximum atomic E-state index is 12.2. The fourth-order valence-electron chi connectivity index (χ4n) is 1.48. The number of amides is 1. The molecule has 0 atom stereocenters. The second kappa shape index (κ2) is 9.90. The summed E-state index contributed by atoms with van der Waals surface area (Å²) in [5.41, 5.74) is 0. The van der Waals surface area contributed by atoms with Gasteiger partial charge in [0.25, 0.3) is 5.91 Å². The summed E-state index contributed by atoms with van der Waals surface area (Å²) in [6.45, 7) is 2.84. The number of nitrogens with one attached hydrogen (secondary N) is 2. The average Bonchev–Trinajstić information content (AvgIpc) is 2.69. The molecule has 0 bridgehead atoms. The first-order valence-corrected chi connectivity index (χ1v) is 6.90. The topological polar surface area (TPSA) is 50.4 Å². The highest BCUT2D eigenvalue weighted by atomic mass is 35.5. The van der Waals surface area contributed by atoms with Gasteiger partial charge in [-0.05, 0) is 26.0 Å². The lowest BCUT2D eigenvalue weighted by Gasteiger charge is -2.07. The molecule has 0 saturated carbocycles. The van der Waals surface area contributed by atoms with E-state index in [0.717, 1.165) is 29.2 Å². The van der Waals surface area contributed by atoms with Crippen molar-refractivity contribution in [2.45, 2.75) is 26.9 Å². The molecule has 8 heteroatoms. The number of alkyl halides is 2. The Balaban J connectivity index is 0.00000361. The van der Waals surface area contributed by atoms with Crippen LogP contribution in [0, 0.1) is 6.92 Å². The third-order valence-corrected chi connectivity index (χ3v) is 3.29. The number of hydrogen-bond acceptors (Lipinski definition) is 4. The van der Waals surface area contributed by atoms with E-state index in [9.17, 15) is 13.6 Å². The average molecular weight is 329 g/mol. The Morgan fingerprint density at radius 2 is 2.10 bits per heavy atom. The summed E-state index contributed by atoms with van der Waals surface area (Å²) in [5, 5.41) is 5.80. The van der Waals surface area contributed by atoms with Crippen LogP contribution in [0.5, 0.6) is 5.75 Å².